The fourth-order valence-electron chi connectivity index (χ4n) is 1.20. The van der Waals surface area contributed by atoms with Gasteiger partial charge in [-0.1, -0.05) is 11.6 Å². The zero-order valence-corrected chi connectivity index (χ0v) is 9.35. The molecule has 3 N–H and O–H groups in total. The number of nitrogens with zero attached hydrogens (tertiary/aromatic N) is 1. The molecule has 1 aromatic carbocycles. The van der Waals surface area contributed by atoms with Crippen molar-refractivity contribution in [3.05, 3.63) is 34.3 Å². The number of hydrogen-bond donors (Lipinski definition) is 2. The van der Waals surface area contributed by atoms with Crippen molar-refractivity contribution in [2.45, 2.75) is 6.54 Å². The van der Waals surface area contributed by atoms with Gasteiger partial charge in [-0.2, -0.15) is 0 Å². The molecular weight excluding hydrogens is 232 g/mol. The molecule has 0 aliphatic rings. The Hall–Kier alpha value is -1.10. The van der Waals surface area contributed by atoms with Gasteiger partial charge < -0.3 is 10.8 Å². The highest BCUT2D eigenvalue weighted by Crippen LogP contribution is 2.33. The molecule has 0 aliphatic carbocycles. The molecule has 0 unspecified atom stereocenters. The van der Waals surface area contributed by atoms with Crippen LogP contribution in [0.2, 0.25) is 5.02 Å². The molecule has 0 atom stereocenters. The Morgan fingerprint density at radius 3 is 2.87 bits per heavy atom. The van der Waals surface area contributed by atoms with Crippen molar-refractivity contribution < 1.29 is 5.11 Å². The van der Waals surface area contributed by atoms with Crippen molar-refractivity contribution in [3.8, 4) is 16.3 Å². The monoisotopic (exact) mass is 240 g/mol. The third-order valence-corrected chi connectivity index (χ3v) is 3.30. The van der Waals surface area contributed by atoms with Gasteiger partial charge in [0, 0.05) is 23.2 Å². The second-order valence-corrected chi connectivity index (χ2v) is 4.52. The zero-order valence-electron chi connectivity index (χ0n) is 7.77. The van der Waals surface area contributed by atoms with Crippen LogP contribution in [0.25, 0.3) is 10.6 Å². The van der Waals surface area contributed by atoms with Crippen molar-refractivity contribution in [2.24, 2.45) is 5.73 Å². The van der Waals surface area contributed by atoms with Gasteiger partial charge in [-0.15, -0.1) is 11.3 Å². The molecule has 0 saturated heterocycles. The Bertz CT molecular complexity index is 484. The van der Waals surface area contributed by atoms with Gasteiger partial charge >= 0.3 is 0 Å². The van der Waals surface area contributed by atoms with E-state index in [2.05, 4.69) is 4.98 Å². The van der Waals surface area contributed by atoms with Crippen LogP contribution in [0.1, 0.15) is 4.88 Å². The van der Waals surface area contributed by atoms with Crippen LogP contribution in [0.3, 0.4) is 0 Å². The van der Waals surface area contributed by atoms with E-state index in [0.29, 0.717) is 11.6 Å². The predicted octanol–water partition coefficient (Wildman–Crippen LogP) is 2.63. The van der Waals surface area contributed by atoms with Crippen molar-refractivity contribution in [3.63, 3.8) is 0 Å². The molecule has 0 amide bonds. The van der Waals surface area contributed by atoms with Crippen LogP contribution >= 0.6 is 22.9 Å². The molecule has 0 aliphatic heterocycles. The van der Waals surface area contributed by atoms with Crippen LogP contribution in [0.15, 0.2) is 24.4 Å². The van der Waals surface area contributed by atoms with Gasteiger partial charge in [0.05, 0.1) is 5.02 Å². The summed E-state index contributed by atoms with van der Waals surface area (Å²) in [5, 5.41) is 10.5. The van der Waals surface area contributed by atoms with E-state index in [1.807, 2.05) is 0 Å². The number of aromatic nitrogens is 1. The quantitative estimate of drug-likeness (QED) is 0.849. The average molecular weight is 241 g/mol. The zero-order chi connectivity index (χ0) is 10.8. The molecule has 1 aromatic heterocycles. The second-order valence-electron chi connectivity index (χ2n) is 3.00. The molecule has 2 aromatic rings. The Labute approximate surface area is 96.2 Å². The summed E-state index contributed by atoms with van der Waals surface area (Å²) >= 11 is 7.50. The number of benzene rings is 1. The van der Waals surface area contributed by atoms with E-state index >= 15 is 0 Å². The third-order valence-electron chi connectivity index (χ3n) is 1.94. The minimum absolute atomic E-state index is 0.152. The molecule has 0 fully saturated rings. The van der Waals surface area contributed by atoms with Crippen molar-refractivity contribution in [2.75, 3.05) is 0 Å². The number of halogens is 1. The lowest BCUT2D eigenvalue weighted by Gasteiger charge is -2.00. The summed E-state index contributed by atoms with van der Waals surface area (Å²) in [5.41, 5.74) is 6.32. The third kappa shape index (κ3) is 2.12. The lowest BCUT2D eigenvalue weighted by Crippen LogP contribution is -1.91. The Morgan fingerprint density at radius 2 is 2.27 bits per heavy atom. The number of thiazole rings is 1. The number of hydrogen-bond acceptors (Lipinski definition) is 4. The fraction of sp³-hybridized carbons (Fsp3) is 0.100. The van der Waals surface area contributed by atoms with Gasteiger partial charge in [-0.25, -0.2) is 4.98 Å². The molecule has 0 saturated carbocycles. The average Bonchev–Trinajstić information content (AvgIpc) is 2.66. The van der Waals surface area contributed by atoms with Crippen LogP contribution in [0.5, 0.6) is 5.75 Å². The molecule has 2 rings (SSSR count). The standard InChI is InChI=1S/C10H9ClN2OS/c11-9-3-6(14)1-2-8(9)10-13-5-7(4-12)15-10/h1-3,5,14H,4,12H2. The molecule has 15 heavy (non-hydrogen) atoms. The van der Waals surface area contributed by atoms with E-state index in [0.717, 1.165) is 15.4 Å². The van der Waals surface area contributed by atoms with E-state index < -0.39 is 0 Å². The normalized spacial score (nSPS) is 10.5. The predicted molar refractivity (Wildman–Crippen MR) is 62.1 cm³/mol. The van der Waals surface area contributed by atoms with Crippen LogP contribution < -0.4 is 5.73 Å². The van der Waals surface area contributed by atoms with Crippen LogP contribution in [0, 0.1) is 0 Å². The first kappa shape index (κ1) is 10.4. The summed E-state index contributed by atoms with van der Waals surface area (Å²) in [6.45, 7) is 0.480. The Kier molecular flexibility index (Phi) is 2.90. The maximum Gasteiger partial charge on any atom is 0.125 e. The number of nitrogens with two attached hydrogens (primary N) is 1. The first-order valence-corrected chi connectivity index (χ1v) is 5.54. The topological polar surface area (TPSA) is 59.1 Å². The van der Waals surface area contributed by atoms with E-state index in [-0.39, 0.29) is 5.75 Å². The summed E-state index contributed by atoms with van der Waals surface area (Å²) in [6, 6.07) is 4.84. The lowest BCUT2D eigenvalue weighted by molar-refractivity contribution is 0.475. The lowest BCUT2D eigenvalue weighted by atomic mass is 10.2. The minimum atomic E-state index is 0.152. The summed E-state index contributed by atoms with van der Waals surface area (Å²) in [6.07, 6.45) is 1.74. The van der Waals surface area contributed by atoms with E-state index in [1.165, 1.54) is 17.4 Å². The highest BCUT2D eigenvalue weighted by atomic mass is 35.5. The smallest absolute Gasteiger partial charge is 0.125 e. The molecule has 5 heteroatoms. The van der Waals surface area contributed by atoms with Crippen LogP contribution in [-0.4, -0.2) is 10.1 Å². The van der Waals surface area contributed by atoms with Gasteiger partial charge in [-0.05, 0) is 18.2 Å². The molecule has 0 spiro atoms. The number of phenolic OH excluding ortho intramolecular Hbond substituents is 1. The van der Waals surface area contributed by atoms with E-state index in [4.69, 9.17) is 17.3 Å². The highest BCUT2D eigenvalue weighted by molar-refractivity contribution is 7.15. The van der Waals surface area contributed by atoms with E-state index in [9.17, 15) is 5.11 Å². The first-order chi connectivity index (χ1) is 7.20. The fourth-order valence-corrected chi connectivity index (χ4v) is 2.35. The second kappa shape index (κ2) is 4.18. The molecule has 0 radical (unpaired) electrons. The maximum atomic E-state index is 9.21. The van der Waals surface area contributed by atoms with Crippen LogP contribution in [-0.2, 0) is 6.54 Å². The first-order valence-electron chi connectivity index (χ1n) is 4.34. The van der Waals surface area contributed by atoms with Crippen molar-refractivity contribution in [1.82, 2.24) is 4.98 Å². The number of rotatable bonds is 2. The summed E-state index contributed by atoms with van der Waals surface area (Å²) in [5.74, 6) is 0.152. The van der Waals surface area contributed by atoms with Crippen molar-refractivity contribution in [1.29, 1.82) is 0 Å². The summed E-state index contributed by atoms with van der Waals surface area (Å²) in [4.78, 5) is 5.23. The van der Waals surface area contributed by atoms with Gasteiger partial charge in [0.25, 0.3) is 0 Å². The molecular formula is C10H9ClN2OS. The van der Waals surface area contributed by atoms with Gasteiger partial charge in [0.2, 0.25) is 0 Å². The Morgan fingerprint density at radius 1 is 1.47 bits per heavy atom. The van der Waals surface area contributed by atoms with E-state index in [1.54, 1.807) is 18.3 Å². The molecule has 0 bridgehead atoms. The molecule has 78 valence electrons. The largest absolute Gasteiger partial charge is 0.508 e. The number of phenols is 1. The maximum absolute atomic E-state index is 9.21. The van der Waals surface area contributed by atoms with Gasteiger partial charge in [0.1, 0.15) is 10.8 Å². The van der Waals surface area contributed by atoms with Gasteiger partial charge in [-0.3, -0.25) is 0 Å². The highest BCUT2D eigenvalue weighted by Gasteiger charge is 2.08. The van der Waals surface area contributed by atoms with Gasteiger partial charge in [0.15, 0.2) is 0 Å². The van der Waals surface area contributed by atoms with Crippen LogP contribution in [0.4, 0.5) is 0 Å². The molecule has 1 heterocycles. The summed E-state index contributed by atoms with van der Waals surface area (Å²) < 4.78 is 0. The Balaban J connectivity index is 2.44. The molecule has 3 nitrogen and oxygen atoms in total. The minimum Gasteiger partial charge on any atom is -0.508 e. The van der Waals surface area contributed by atoms with Crippen molar-refractivity contribution >= 4 is 22.9 Å². The SMILES string of the molecule is NCc1cnc(-c2ccc(O)cc2Cl)s1. The summed E-state index contributed by atoms with van der Waals surface area (Å²) in [7, 11) is 0. The number of aromatic hydroxyl groups is 1.